The number of aromatic nitrogens is 2. The lowest BCUT2D eigenvalue weighted by molar-refractivity contribution is 0.262. The molecule has 0 spiro atoms. The zero-order valence-electron chi connectivity index (χ0n) is 18.9. The van der Waals surface area contributed by atoms with Crippen LogP contribution >= 0.6 is 11.6 Å². The lowest BCUT2D eigenvalue weighted by Gasteiger charge is -2.28. The molecule has 2 heterocycles. The van der Waals surface area contributed by atoms with Crippen molar-refractivity contribution in [1.29, 1.82) is 0 Å². The maximum Gasteiger partial charge on any atom is 0.323 e. The number of ether oxygens (including phenoxy) is 1. The van der Waals surface area contributed by atoms with E-state index in [-0.39, 0.29) is 10.8 Å². The summed E-state index contributed by atoms with van der Waals surface area (Å²) in [4.78, 5) is 23.6. The Bertz CT molecular complexity index is 1430. The summed E-state index contributed by atoms with van der Waals surface area (Å²) in [5, 5.41) is 8.30. The molecule has 1 fully saturated rings. The van der Waals surface area contributed by atoms with Crippen LogP contribution in [0.25, 0.3) is 11.0 Å². The van der Waals surface area contributed by atoms with Crippen LogP contribution in [0.3, 0.4) is 0 Å². The van der Waals surface area contributed by atoms with E-state index >= 15 is 0 Å². The summed E-state index contributed by atoms with van der Waals surface area (Å²) in [6.45, 7) is 3.43. The number of rotatable bonds is 5. The number of nitrogens with zero attached hydrogens (tertiary/aromatic N) is 3. The number of anilines is 3. The average Bonchev–Trinajstić information content (AvgIpc) is 2.88. The molecule has 0 atom stereocenters. The van der Waals surface area contributed by atoms with E-state index in [1.807, 2.05) is 0 Å². The number of piperazine rings is 1. The molecule has 4 aromatic rings. The lowest BCUT2D eigenvalue weighted by atomic mass is 10.2. The maximum atomic E-state index is 14.5. The van der Waals surface area contributed by atoms with Gasteiger partial charge in [0.25, 0.3) is 0 Å². The van der Waals surface area contributed by atoms with Gasteiger partial charge in [0, 0.05) is 49.7 Å². The number of carbonyl (C=O) groups is 1. The van der Waals surface area contributed by atoms with E-state index < -0.39 is 17.7 Å². The van der Waals surface area contributed by atoms with Crippen molar-refractivity contribution in [2.75, 3.05) is 41.7 Å². The van der Waals surface area contributed by atoms with Crippen molar-refractivity contribution in [3.8, 4) is 11.5 Å². The third-order valence-electron chi connectivity index (χ3n) is 5.54. The number of amides is 2. The number of fused-ring (bicyclic) bond motifs is 1. The predicted molar refractivity (Wildman–Crippen MR) is 135 cm³/mol. The van der Waals surface area contributed by atoms with Gasteiger partial charge in [-0.25, -0.2) is 18.6 Å². The van der Waals surface area contributed by atoms with E-state index in [1.165, 1.54) is 30.3 Å². The fourth-order valence-electron chi connectivity index (χ4n) is 3.74. The first-order chi connectivity index (χ1) is 17.4. The molecule has 184 valence electrons. The summed E-state index contributed by atoms with van der Waals surface area (Å²) in [5.41, 5.74) is 1.90. The van der Waals surface area contributed by atoms with Crippen molar-refractivity contribution in [3.05, 3.63) is 77.5 Å². The molecule has 0 unspecified atom stereocenters. The van der Waals surface area contributed by atoms with Gasteiger partial charge in [-0.15, -0.1) is 0 Å². The van der Waals surface area contributed by atoms with E-state index in [0.29, 0.717) is 28.2 Å². The minimum Gasteiger partial charge on any atom is -0.454 e. The van der Waals surface area contributed by atoms with Gasteiger partial charge in [0.2, 0.25) is 0 Å². The van der Waals surface area contributed by atoms with Crippen molar-refractivity contribution in [2.24, 2.45) is 0 Å². The van der Waals surface area contributed by atoms with Gasteiger partial charge < -0.3 is 25.6 Å². The highest BCUT2D eigenvalue weighted by atomic mass is 35.5. The second-order valence-electron chi connectivity index (χ2n) is 8.07. The SMILES string of the molecule is O=C(Nc1ccc(F)c(Cl)c1)Nc1ccc(F)c(Oc2ccc3ncc(N4CCNCC4)nc3c2)c1. The number of urea groups is 1. The van der Waals surface area contributed by atoms with E-state index in [2.05, 4.69) is 25.8 Å². The highest BCUT2D eigenvalue weighted by molar-refractivity contribution is 6.31. The molecule has 0 radical (unpaired) electrons. The molecule has 3 aromatic carbocycles. The third kappa shape index (κ3) is 5.45. The van der Waals surface area contributed by atoms with E-state index in [4.69, 9.17) is 21.3 Å². The highest BCUT2D eigenvalue weighted by Gasteiger charge is 2.14. The third-order valence-corrected chi connectivity index (χ3v) is 5.83. The fraction of sp³-hybridized carbons (Fsp3) is 0.160. The summed E-state index contributed by atoms with van der Waals surface area (Å²) in [6.07, 6.45) is 1.74. The minimum atomic E-state index is -0.614. The normalized spacial score (nSPS) is 13.5. The molecule has 8 nitrogen and oxygen atoms in total. The van der Waals surface area contributed by atoms with E-state index in [9.17, 15) is 13.6 Å². The second-order valence-corrected chi connectivity index (χ2v) is 8.48. The number of nitrogens with one attached hydrogen (secondary N) is 3. The molecule has 0 bridgehead atoms. The van der Waals surface area contributed by atoms with Crippen LogP contribution < -0.4 is 25.6 Å². The van der Waals surface area contributed by atoms with Crippen LogP contribution in [-0.4, -0.2) is 42.2 Å². The number of halogens is 3. The topological polar surface area (TPSA) is 91.4 Å². The zero-order valence-corrected chi connectivity index (χ0v) is 19.6. The van der Waals surface area contributed by atoms with Crippen molar-refractivity contribution in [1.82, 2.24) is 15.3 Å². The Morgan fingerprint density at radius 1 is 0.944 bits per heavy atom. The fourth-order valence-corrected chi connectivity index (χ4v) is 3.93. The number of benzene rings is 3. The van der Waals surface area contributed by atoms with Gasteiger partial charge in [0.05, 0.1) is 22.3 Å². The molecular weight excluding hydrogens is 490 g/mol. The summed E-state index contributed by atoms with van der Waals surface area (Å²) in [6, 6.07) is 12.2. The van der Waals surface area contributed by atoms with Gasteiger partial charge in [-0.3, -0.25) is 4.98 Å². The quantitative estimate of drug-likeness (QED) is 0.333. The molecule has 5 rings (SSSR count). The first-order valence-corrected chi connectivity index (χ1v) is 11.6. The molecule has 1 saturated heterocycles. The van der Waals surface area contributed by atoms with Crippen LogP contribution in [0.4, 0.5) is 30.8 Å². The van der Waals surface area contributed by atoms with Gasteiger partial charge in [0.15, 0.2) is 11.6 Å². The summed E-state index contributed by atoms with van der Waals surface area (Å²) < 4.78 is 33.6. The Morgan fingerprint density at radius 2 is 1.67 bits per heavy atom. The van der Waals surface area contributed by atoms with E-state index in [0.717, 1.165) is 38.1 Å². The van der Waals surface area contributed by atoms with Crippen LogP contribution in [0.2, 0.25) is 5.02 Å². The molecule has 1 aromatic heterocycles. The number of carbonyl (C=O) groups excluding carboxylic acids is 1. The lowest BCUT2D eigenvalue weighted by Crippen LogP contribution is -2.43. The molecule has 36 heavy (non-hydrogen) atoms. The van der Waals surface area contributed by atoms with Crippen molar-refractivity contribution < 1.29 is 18.3 Å². The summed E-state index contributed by atoms with van der Waals surface area (Å²) in [7, 11) is 0. The molecule has 0 aliphatic carbocycles. The Hall–Kier alpha value is -4.02. The van der Waals surface area contributed by atoms with Gasteiger partial charge in [-0.1, -0.05) is 11.6 Å². The van der Waals surface area contributed by atoms with Crippen LogP contribution in [0.1, 0.15) is 0 Å². The van der Waals surface area contributed by atoms with Crippen LogP contribution in [-0.2, 0) is 0 Å². The Kier molecular flexibility index (Phi) is 6.79. The smallest absolute Gasteiger partial charge is 0.323 e. The molecule has 2 amide bonds. The first-order valence-electron chi connectivity index (χ1n) is 11.2. The largest absolute Gasteiger partial charge is 0.454 e. The van der Waals surface area contributed by atoms with Crippen molar-refractivity contribution in [3.63, 3.8) is 0 Å². The number of hydrogen-bond acceptors (Lipinski definition) is 6. The monoisotopic (exact) mass is 510 g/mol. The van der Waals surface area contributed by atoms with Gasteiger partial charge in [-0.05, 0) is 42.5 Å². The molecule has 3 N–H and O–H groups in total. The first kappa shape index (κ1) is 23.7. The molecule has 0 saturated carbocycles. The maximum absolute atomic E-state index is 14.5. The van der Waals surface area contributed by atoms with Crippen LogP contribution in [0.15, 0.2) is 60.8 Å². The molecule has 11 heteroatoms. The van der Waals surface area contributed by atoms with Gasteiger partial charge >= 0.3 is 6.03 Å². The Balaban J connectivity index is 1.31. The zero-order chi connectivity index (χ0) is 25.1. The van der Waals surface area contributed by atoms with Gasteiger partial charge in [0.1, 0.15) is 17.4 Å². The van der Waals surface area contributed by atoms with Crippen LogP contribution in [0.5, 0.6) is 11.5 Å². The summed E-state index contributed by atoms with van der Waals surface area (Å²) >= 11 is 5.74. The van der Waals surface area contributed by atoms with E-state index in [1.54, 1.807) is 24.4 Å². The van der Waals surface area contributed by atoms with Crippen molar-refractivity contribution >= 4 is 45.9 Å². The minimum absolute atomic E-state index is 0.0804. The predicted octanol–water partition coefficient (Wildman–Crippen LogP) is 5.41. The Labute approximate surface area is 210 Å². The Morgan fingerprint density at radius 3 is 2.42 bits per heavy atom. The van der Waals surface area contributed by atoms with Crippen LogP contribution in [0, 0.1) is 11.6 Å². The van der Waals surface area contributed by atoms with Crippen molar-refractivity contribution in [2.45, 2.75) is 0 Å². The van der Waals surface area contributed by atoms with Gasteiger partial charge in [-0.2, -0.15) is 0 Å². The average molecular weight is 511 g/mol. The molecular formula is C25H21ClF2N6O2. The standard InChI is InChI=1S/C25H21ClF2N6O2/c26-18-11-15(1-4-19(18)27)31-25(35)32-16-2-5-20(28)23(12-16)36-17-3-6-21-22(13-17)33-24(14-30-21)34-9-7-29-8-10-34/h1-6,11-14,29H,7-10H2,(H2,31,32,35). The molecule has 1 aliphatic heterocycles. The highest BCUT2D eigenvalue weighted by Crippen LogP contribution is 2.30. The summed E-state index contributed by atoms with van der Waals surface area (Å²) in [5.74, 6) is -0.138. The molecule has 1 aliphatic rings. The number of hydrogen-bond donors (Lipinski definition) is 3. The second kappa shape index (κ2) is 10.3.